The van der Waals surface area contributed by atoms with Crippen molar-refractivity contribution in [2.75, 3.05) is 5.32 Å². The van der Waals surface area contributed by atoms with E-state index in [1.165, 1.54) is 0 Å². The van der Waals surface area contributed by atoms with E-state index < -0.39 is 5.91 Å². The Morgan fingerprint density at radius 2 is 1.89 bits per heavy atom. The first-order chi connectivity index (χ1) is 12.9. The zero-order valence-electron chi connectivity index (χ0n) is 15.0. The molecule has 0 aliphatic heterocycles. The molecular weight excluding hydrogens is 410 g/mol. The number of anilines is 1. The van der Waals surface area contributed by atoms with E-state index in [9.17, 15) is 4.79 Å². The number of hydrogen-bond donors (Lipinski definition) is 1. The molecule has 136 valence electrons. The monoisotopic (exact) mass is 425 g/mol. The fourth-order valence-electron chi connectivity index (χ4n) is 3.01. The second-order valence-corrected chi connectivity index (χ2v) is 7.35. The van der Waals surface area contributed by atoms with Crippen molar-refractivity contribution in [3.05, 3.63) is 63.3 Å². The fraction of sp³-hybridized carbons (Fsp3) is 0.150. The first-order valence-electron chi connectivity index (χ1n) is 8.34. The number of rotatable bonds is 3. The molecule has 4 rings (SSSR count). The van der Waals surface area contributed by atoms with Crippen LogP contribution < -0.4 is 5.32 Å². The van der Waals surface area contributed by atoms with Crippen LogP contribution in [0.15, 0.2) is 49.9 Å². The van der Waals surface area contributed by atoms with Gasteiger partial charge in [-0.25, -0.2) is 4.63 Å². The van der Waals surface area contributed by atoms with Gasteiger partial charge in [0.15, 0.2) is 11.5 Å². The maximum Gasteiger partial charge on any atom is 0.292 e. The lowest BCUT2D eigenvalue weighted by Crippen LogP contribution is -2.13. The molecule has 1 N–H and O–H groups in total. The van der Waals surface area contributed by atoms with Crippen LogP contribution in [0.3, 0.4) is 0 Å². The van der Waals surface area contributed by atoms with Crippen molar-refractivity contribution in [3.63, 3.8) is 0 Å². The van der Waals surface area contributed by atoms with Crippen molar-refractivity contribution in [1.29, 1.82) is 0 Å². The van der Waals surface area contributed by atoms with Gasteiger partial charge in [0.05, 0.1) is 0 Å². The third-order valence-electron chi connectivity index (χ3n) is 4.47. The highest BCUT2D eigenvalue weighted by atomic mass is 79.9. The summed E-state index contributed by atoms with van der Waals surface area (Å²) < 4.78 is 11.5. The molecule has 0 spiro atoms. The van der Waals surface area contributed by atoms with Gasteiger partial charge in [-0.3, -0.25) is 10.1 Å². The van der Waals surface area contributed by atoms with Crippen LogP contribution in [-0.2, 0) is 0 Å². The third-order valence-corrected chi connectivity index (χ3v) is 4.97. The summed E-state index contributed by atoms with van der Waals surface area (Å²) >= 11 is 3.44. The van der Waals surface area contributed by atoms with Crippen molar-refractivity contribution >= 4 is 38.6 Å². The quantitative estimate of drug-likeness (QED) is 0.473. The number of furan rings is 1. The largest absolute Gasteiger partial charge is 0.451 e. The van der Waals surface area contributed by atoms with Gasteiger partial charge in [0, 0.05) is 21.0 Å². The summed E-state index contributed by atoms with van der Waals surface area (Å²) in [6, 6.07) is 11.6. The number of nitrogens with zero attached hydrogens (tertiary/aromatic N) is 2. The van der Waals surface area contributed by atoms with E-state index in [2.05, 4.69) is 31.6 Å². The lowest BCUT2D eigenvalue weighted by Gasteiger charge is -2.06. The van der Waals surface area contributed by atoms with E-state index in [0.717, 1.165) is 32.1 Å². The van der Waals surface area contributed by atoms with Crippen LogP contribution in [0.4, 0.5) is 5.82 Å². The molecule has 0 saturated carbocycles. The summed E-state index contributed by atoms with van der Waals surface area (Å²) in [5.41, 5.74) is 4.84. The van der Waals surface area contributed by atoms with Crippen LogP contribution in [0.25, 0.3) is 22.2 Å². The predicted octanol–water partition coefficient (Wildman–Crippen LogP) is 5.42. The van der Waals surface area contributed by atoms with E-state index in [-0.39, 0.29) is 11.6 Å². The van der Waals surface area contributed by atoms with E-state index in [1.807, 2.05) is 57.2 Å². The zero-order valence-corrected chi connectivity index (χ0v) is 16.5. The standard InChI is InChI=1S/C20H16BrN3O3/c1-10-4-5-11(2)14(8-10)17-19(24-27-23-17)22-20(25)18-12(3)15-9-13(21)6-7-16(15)26-18/h4-9H,1-3H3,(H,22,24,25). The molecule has 0 atom stereocenters. The first-order valence-corrected chi connectivity index (χ1v) is 9.13. The molecular formula is C20H16BrN3O3. The molecule has 0 saturated heterocycles. The highest BCUT2D eigenvalue weighted by molar-refractivity contribution is 9.10. The lowest BCUT2D eigenvalue weighted by atomic mass is 10.0. The summed E-state index contributed by atoms with van der Waals surface area (Å²) in [4.78, 5) is 12.8. The molecule has 0 aliphatic rings. The molecule has 6 nitrogen and oxygen atoms in total. The number of amides is 1. The average molecular weight is 426 g/mol. The van der Waals surface area contributed by atoms with Crippen molar-refractivity contribution < 1.29 is 13.8 Å². The summed E-state index contributed by atoms with van der Waals surface area (Å²) in [6.07, 6.45) is 0. The van der Waals surface area contributed by atoms with Gasteiger partial charge in [0.2, 0.25) is 5.82 Å². The Bertz CT molecular complexity index is 1180. The Morgan fingerprint density at radius 3 is 2.70 bits per heavy atom. The number of aryl methyl sites for hydroxylation is 3. The van der Waals surface area contributed by atoms with Gasteiger partial charge in [0.25, 0.3) is 5.91 Å². The molecule has 27 heavy (non-hydrogen) atoms. The Hall–Kier alpha value is -2.93. The maximum absolute atomic E-state index is 12.8. The normalized spacial score (nSPS) is 11.1. The Labute approximate surface area is 163 Å². The molecule has 2 heterocycles. The van der Waals surface area contributed by atoms with Crippen molar-refractivity contribution in [3.8, 4) is 11.3 Å². The van der Waals surface area contributed by atoms with Gasteiger partial charge >= 0.3 is 0 Å². The van der Waals surface area contributed by atoms with Gasteiger partial charge in [0.1, 0.15) is 5.58 Å². The maximum atomic E-state index is 12.8. The van der Waals surface area contributed by atoms with Crippen LogP contribution in [0.1, 0.15) is 27.2 Å². The minimum Gasteiger partial charge on any atom is -0.451 e. The SMILES string of the molecule is Cc1ccc(C)c(-c2nonc2NC(=O)c2oc3ccc(Br)cc3c2C)c1. The Balaban J connectivity index is 1.70. The fourth-order valence-corrected chi connectivity index (χ4v) is 3.37. The number of halogens is 1. The molecule has 0 unspecified atom stereocenters. The molecule has 1 amide bonds. The summed E-state index contributed by atoms with van der Waals surface area (Å²) in [7, 11) is 0. The Morgan fingerprint density at radius 1 is 1.07 bits per heavy atom. The van der Waals surface area contributed by atoms with Crippen molar-refractivity contribution in [1.82, 2.24) is 10.3 Å². The lowest BCUT2D eigenvalue weighted by molar-refractivity contribution is 0.0997. The number of benzene rings is 2. The molecule has 0 radical (unpaired) electrons. The van der Waals surface area contributed by atoms with E-state index in [0.29, 0.717) is 11.3 Å². The van der Waals surface area contributed by atoms with Crippen LogP contribution in [0, 0.1) is 20.8 Å². The van der Waals surface area contributed by atoms with Crippen molar-refractivity contribution in [2.24, 2.45) is 0 Å². The van der Waals surface area contributed by atoms with E-state index in [4.69, 9.17) is 9.05 Å². The smallest absolute Gasteiger partial charge is 0.292 e. The number of fused-ring (bicyclic) bond motifs is 1. The molecule has 2 aromatic carbocycles. The van der Waals surface area contributed by atoms with Gasteiger partial charge in [-0.1, -0.05) is 33.6 Å². The van der Waals surface area contributed by atoms with Gasteiger partial charge in [-0.05, 0) is 60.9 Å². The number of carbonyl (C=O) groups is 1. The Kier molecular flexibility index (Phi) is 4.31. The number of aromatic nitrogens is 2. The summed E-state index contributed by atoms with van der Waals surface area (Å²) in [6.45, 7) is 5.81. The molecule has 0 bridgehead atoms. The number of nitrogens with one attached hydrogen (secondary N) is 1. The first kappa shape index (κ1) is 17.5. The van der Waals surface area contributed by atoms with Crippen molar-refractivity contribution in [2.45, 2.75) is 20.8 Å². The van der Waals surface area contributed by atoms with E-state index >= 15 is 0 Å². The minimum atomic E-state index is -0.401. The zero-order chi connectivity index (χ0) is 19.1. The minimum absolute atomic E-state index is 0.234. The second kappa shape index (κ2) is 6.66. The highest BCUT2D eigenvalue weighted by Crippen LogP contribution is 2.31. The predicted molar refractivity (Wildman–Crippen MR) is 106 cm³/mol. The van der Waals surface area contributed by atoms with Crippen LogP contribution in [-0.4, -0.2) is 16.2 Å². The molecule has 7 heteroatoms. The van der Waals surface area contributed by atoms with E-state index in [1.54, 1.807) is 0 Å². The van der Waals surface area contributed by atoms with Crippen LogP contribution in [0.5, 0.6) is 0 Å². The topological polar surface area (TPSA) is 81.2 Å². The molecule has 2 aromatic heterocycles. The molecule has 0 fully saturated rings. The van der Waals surface area contributed by atoms with Gasteiger partial charge < -0.3 is 4.42 Å². The molecule has 4 aromatic rings. The summed E-state index contributed by atoms with van der Waals surface area (Å²) in [5, 5.41) is 11.5. The number of hydrogen-bond acceptors (Lipinski definition) is 5. The molecule has 0 aliphatic carbocycles. The third kappa shape index (κ3) is 3.14. The van der Waals surface area contributed by atoms with Gasteiger partial charge in [-0.15, -0.1) is 0 Å². The van der Waals surface area contributed by atoms with Crippen LogP contribution in [0.2, 0.25) is 0 Å². The summed E-state index contributed by atoms with van der Waals surface area (Å²) in [5.74, 6) is 0.0924. The highest BCUT2D eigenvalue weighted by Gasteiger charge is 2.22. The average Bonchev–Trinajstić information content (AvgIpc) is 3.22. The van der Waals surface area contributed by atoms with Gasteiger partial charge in [-0.2, -0.15) is 0 Å². The second-order valence-electron chi connectivity index (χ2n) is 6.43. The number of carbonyl (C=O) groups excluding carboxylic acids is 1. The van der Waals surface area contributed by atoms with Crippen LogP contribution >= 0.6 is 15.9 Å².